The molecule has 1 atom stereocenters. The molecule has 0 saturated carbocycles. The smallest absolute Gasteiger partial charge is 0.228 e. The van der Waals surface area contributed by atoms with Crippen LogP contribution in [-0.2, 0) is 11.3 Å². The van der Waals surface area contributed by atoms with E-state index >= 15 is 0 Å². The maximum Gasteiger partial charge on any atom is 0.228 e. The van der Waals surface area contributed by atoms with E-state index in [2.05, 4.69) is 17.3 Å². The van der Waals surface area contributed by atoms with E-state index < -0.39 is 5.60 Å². The second-order valence-electron chi connectivity index (χ2n) is 5.39. The molecule has 2 N–H and O–H groups in total. The molecule has 1 aromatic rings. The van der Waals surface area contributed by atoms with Crippen molar-refractivity contribution in [3.05, 3.63) is 12.3 Å². The lowest BCUT2D eigenvalue weighted by molar-refractivity contribution is -0.119. The van der Waals surface area contributed by atoms with Crippen LogP contribution in [0.15, 0.2) is 12.3 Å². The van der Waals surface area contributed by atoms with E-state index in [1.807, 2.05) is 6.92 Å². The first-order valence-corrected chi connectivity index (χ1v) is 6.38. The summed E-state index contributed by atoms with van der Waals surface area (Å²) in [5.41, 5.74) is -0.817. The highest BCUT2D eigenvalue weighted by Gasteiger charge is 2.16. The van der Waals surface area contributed by atoms with E-state index in [9.17, 15) is 9.90 Å². The van der Waals surface area contributed by atoms with Gasteiger partial charge in [0.15, 0.2) is 5.82 Å². The van der Waals surface area contributed by atoms with Crippen LogP contribution in [-0.4, -0.2) is 26.4 Å². The Hall–Kier alpha value is -1.36. The van der Waals surface area contributed by atoms with Gasteiger partial charge in [-0.25, -0.2) is 0 Å². The minimum atomic E-state index is -0.817. The molecule has 102 valence electrons. The molecule has 1 amide bonds. The lowest BCUT2D eigenvalue weighted by Gasteiger charge is -2.16. The first-order valence-electron chi connectivity index (χ1n) is 6.38. The van der Waals surface area contributed by atoms with Crippen LogP contribution in [0.2, 0.25) is 0 Å². The summed E-state index contributed by atoms with van der Waals surface area (Å²) in [4.78, 5) is 11.8. The molecule has 1 aromatic heterocycles. The summed E-state index contributed by atoms with van der Waals surface area (Å²) >= 11 is 0. The predicted molar refractivity (Wildman–Crippen MR) is 71.2 cm³/mol. The lowest BCUT2D eigenvalue weighted by atomic mass is 10.1. The first-order chi connectivity index (χ1) is 8.31. The lowest BCUT2D eigenvalue weighted by Crippen LogP contribution is -2.26. The molecule has 0 spiro atoms. The van der Waals surface area contributed by atoms with Crippen LogP contribution >= 0.6 is 0 Å². The minimum Gasteiger partial charge on any atom is -0.389 e. The zero-order valence-corrected chi connectivity index (χ0v) is 11.6. The van der Waals surface area contributed by atoms with Crippen molar-refractivity contribution in [1.82, 2.24) is 9.78 Å². The predicted octanol–water partition coefficient (Wildman–Crippen LogP) is 2.03. The van der Waals surface area contributed by atoms with E-state index in [0.717, 1.165) is 12.8 Å². The Kier molecular flexibility index (Phi) is 4.90. The third-order valence-electron chi connectivity index (χ3n) is 2.61. The summed E-state index contributed by atoms with van der Waals surface area (Å²) < 4.78 is 1.63. The number of carbonyl (C=O) groups is 1. The summed E-state index contributed by atoms with van der Waals surface area (Å²) in [6, 6.07) is 1.74. The van der Waals surface area contributed by atoms with Crippen molar-refractivity contribution < 1.29 is 9.90 Å². The molecule has 0 fully saturated rings. The van der Waals surface area contributed by atoms with Crippen molar-refractivity contribution >= 4 is 11.7 Å². The molecule has 1 unspecified atom stereocenters. The molecule has 0 radical (unpaired) electrons. The summed E-state index contributed by atoms with van der Waals surface area (Å²) in [7, 11) is 0. The first kappa shape index (κ1) is 14.7. The van der Waals surface area contributed by atoms with Gasteiger partial charge in [-0.15, -0.1) is 0 Å². The summed E-state index contributed by atoms with van der Waals surface area (Å²) in [6.07, 6.45) is 3.61. The molecule has 0 saturated heterocycles. The largest absolute Gasteiger partial charge is 0.389 e. The molecular weight excluding hydrogens is 230 g/mol. The fourth-order valence-electron chi connectivity index (χ4n) is 1.73. The topological polar surface area (TPSA) is 67.2 Å². The van der Waals surface area contributed by atoms with Crippen molar-refractivity contribution in [1.29, 1.82) is 0 Å². The van der Waals surface area contributed by atoms with Gasteiger partial charge in [0.25, 0.3) is 0 Å². The normalized spacial score (nSPS) is 13.4. The van der Waals surface area contributed by atoms with Crippen molar-refractivity contribution in [3.8, 4) is 0 Å². The monoisotopic (exact) mass is 253 g/mol. The molecule has 0 aromatic carbocycles. The molecule has 1 heterocycles. The van der Waals surface area contributed by atoms with Gasteiger partial charge in [-0.3, -0.25) is 9.48 Å². The molecule has 0 bridgehead atoms. The number of hydrogen-bond donors (Lipinski definition) is 2. The molecule has 5 nitrogen and oxygen atoms in total. The number of carbonyl (C=O) groups excluding carboxylic acids is 1. The van der Waals surface area contributed by atoms with Crippen molar-refractivity contribution in [2.24, 2.45) is 5.92 Å². The Morgan fingerprint density at radius 2 is 2.28 bits per heavy atom. The average molecular weight is 253 g/mol. The number of amides is 1. The molecule has 0 aliphatic heterocycles. The standard InChI is InChI=1S/C13H23N3O2/c1-5-6-10(2)12(17)14-11-7-8-16(15-11)9-13(3,4)18/h7-8,10,18H,5-6,9H2,1-4H3,(H,14,15,17). The van der Waals surface area contributed by atoms with E-state index in [4.69, 9.17) is 0 Å². The Morgan fingerprint density at radius 3 is 2.83 bits per heavy atom. The van der Waals surface area contributed by atoms with E-state index in [1.165, 1.54) is 0 Å². The van der Waals surface area contributed by atoms with Gasteiger partial charge in [0.05, 0.1) is 12.1 Å². The summed E-state index contributed by atoms with van der Waals surface area (Å²) in [5.74, 6) is 0.520. The number of nitrogens with one attached hydrogen (secondary N) is 1. The molecular formula is C13H23N3O2. The van der Waals surface area contributed by atoms with Crippen LogP contribution in [0, 0.1) is 5.92 Å². The number of hydrogen-bond acceptors (Lipinski definition) is 3. The molecule has 18 heavy (non-hydrogen) atoms. The highest BCUT2D eigenvalue weighted by atomic mass is 16.3. The quantitative estimate of drug-likeness (QED) is 0.815. The van der Waals surface area contributed by atoms with Crippen LogP contribution in [0.4, 0.5) is 5.82 Å². The second-order valence-corrected chi connectivity index (χ2v) is 5.39. The Labute approximate surface area is 108 Å². The average Bonchev–Trinajstić information content (AvgIpc) is 2.63. The minimum absolute atomic E-state index is 0.00515. The fourth-order valence-corrected chi connectivity index (χ4v) is 1.73. The van der Waals surface area contributed by atoms with E-state index in [-0.39, 0.29) is 11.8 Å². The van der Waals surface area contributed by atoms with Crippen molar-refractivity contribution in [3.63, 3.8) is 0 Å². The van der Waals surface area contributed by atoms with Crippen molar-refractivity contribution in [2.75, 3.05) is 5.32 Å². The van der Waals surface area contributed by atoms with Crippen LogP contribution in [0.1, 0.15) is 40.5 Å². The number of aromatic nitrogens is 2. The highest BCUT2D eigenvalue weighted by molar-refractivity contribution is 5.91. The summed E-state index contributed by atoms with van der Waals surface area (Å²) in [5, 5.41) is 16.7. The zero-order valence-electron chi connectivity index (χ0n) is 11.6. The number of nitrogens with zero attached hydrogens (tertiary/aromatic N) is 2. The van der Waals surface area contributed by atoms with Crippen molar-refractivity contribution in [2.45, 2.75) is 52.7 Å². The van der Waals surface area contributed by atoms with Gasteiger partial charge in [0.2, 0.25) is 5.91 Å². The van der Waals surface area contributed by atoms with Gasteiger partial charge in [0, 0.05) is 18.2 Å². The Morgan fingerprint density at radius 1 is 1.61 bits per heavy atom. The highest BCUT2D eigenvalue weighted by Crippen LogP contribution is 2.11. The summed E-state index contributed by atoms with van der Waals surface area (Å²) in [6.45, 7) is 7.80. The Bertz CT molecular complexity index is 393. The molecule has 5 heteroatoms. The Balaban J connectivity index is 2.56. The molecule has 0 aliphatic carbocycles. The van der Waals surface area contributed by atoms with Gasteiger partial charge >= 0.3 is 0 Å². The van der Waals surface area contributed by atoms with E-state index in [1.54, 1.807) is 30.8 Å². The molecule has 1 rings (SSSR count). The van der Waals surface area contributed by atoms with Crippen LogP contribution in [0.5, 0.6) is 0 Å². The van der Waals surface area contributed by atoms with Gasteiger partial charge in [-0.05, 0) is 20.3 Å². The van der Waals surface area contributed by atoms with Gasteiger partial charge in [-0.1, -0.05) is 20.3 Å². The third kappa shape index (κ3) is 4.87. The fraction of sp³-hybridized carbons (Fsp3) is 0.692. The number of anilines is 1. The number of rotatable bonds is 6. The molecule has 0 aliphatic rings. The maximum absolute atomic E-state index is 11.8. The van der Waals surface area contributed by atoms with Gasteiger partial charge in [-0.2, -0.15) is 5.10 Å². The van der Waals surface area contributed by atoms with Crippen LogP contribution < -0.4 is 5.32 Å². The SMILES string of the molecule is CCCC(C)C(=O)Nc1ccn(CC(C)(C)O)n1. The van der Waals surface area contributed by atoms with Gasteiger partial charge in [0.1, 0.15) is 0 Å². The van der Waals surface area contributed by atoms with Gasteiger partial charge < -0.3 is 10.4 Å². The maximum atomic E-state index is 11.8. The number of aliphatic hydroxyl groups is 1. The van der Waals surface area contributed by atoms with E-state index in [0.29, 0.717) is 12.4 Å². The second kappa shape index (κ2) is 6.00. The van der Waals surface area contributed by atoms with Crippen LogP contribution in [0.3, 0.4) is 0 Å². The third-order valence-corrected chi connectivity index (χ3v) is 2.61. The zero-order chi connectivity index (χ0) is 13.8. The van der Waals surface area contributed by atoms with Crippen LogP contribution in [0.25, 0.3) is 0 Å².